The fraction of sp³-hybridized carbons (Fsp3) is 0.333. The summed E-state index contributed by atoms with van der Waals surface area (Å²) in [5, 5.41) is -0.669. The first-order chi connectivity index (χ1) is 10.7. The van der Waals surface area contributed by atoms with E-state index in [2.05, 4.69) is 4.98 Å². The fourth-order valence-electron chi connectivity index (χ4n) is 2.43. The van der Waals surface area contributed by atoms with Crippen LogP contribution in [0.3, 0.4) is 0 Å². The van der Waals surface area contributed by atoms with E-state index < -0.39 is 15.1 Å². The third-order valence-electron chi connectivity index (χ3n) is 3.63. The van der Waals surface area contributed by atoms with Gasteiger partial charge in [0.1, 0.15) is 0 Å². The lowest BCUT2D eigenvalue weighted by molar-refractivity contribution is 0.108. The molecule has 0 saturated carbocycles. The van der Waals surface area contributed by atoms with Crippen LogP contribution < -0.4 is 4.90 Å². The Labute approximate surface area is 140 Å². The molecule has 0 bridgehead atoms. The second-order valence-electron chi connectivity index (χ2n) is 5.27. The molecule has 0 unspecified atom stereocenters. The van der Waals surface area contributed by atoms with Crippen molar-refractivity contribution < 1.29 is 13.2 Å². The molecule has 1 aromatic carbocycles. The van der Waals surface area contributed by atoms with E-state index in [0.717, 1.165) is 6.26 Å². The van der Waals surface area contributed by atoms with Gasteiger partial charge in [-0.05, 0) is 35.7 Å². The molecule has 0 amide bonds. The van der Waals surface area contributed by atoms with Crippen LogP contribution >= 0.6 is 11.6 Å². The van der Waals surface area contributed by atoms with E-state index in [-0.39, 0.29) is 10.5 Å². The molecule has 0 aliphatic rings. The molecule has 0 spiro atoms. The number of nitrogens with zero attached hydrogens (tertiary/aromatic N) is 3. The maximum Gasteiger partial charge on any atom is 0.252 e. The highest BCUT2D eigenvalue weighted by Crippen LogP contribution is 2.33. The van der Waals surface area contributed by atoms with Crippen LogP contribution in [-0.4, -0.2) is 36.5 Å². The summed E-state index contributed by atoms with van der Waals surface area (Å²) in [5.74, 6) is 0.585. The molecule has 0 aliphatic carbocycles. The number of rotatable bonds is 5. The standard InChI is InChI=1S/C15H18ClN3O3S/c1-5-10-8-12(19(3)15-17-6-7-18(15)2)13(23(4,21)22)9-11(10)14(16)20/h6-9H,5H2,1-4H3. The Hall–Kier alpha value is -1.86. The number of carbonyl (C=O) groups excluding carboxylic acids is 1. The largest absolute Gasteiger partial charge is 0.320 e. The molecule has 0 aliphatic heterocycles. The molecule has 2 aromatic rings. The maximum atomic E-state index is 12.2. The van der Waals surface area contributed by atoms with Gasteiger partial charge >= 0.3 is 0 Å². The van der Waals surface area contributed by atoms with Crippen LogP contribution in [0.2, 0.25) is 0 Å². The smallest absolute Gasteiger partial charge is 0.252 e. The molecule has 8 heteroatoms. The zero-order valence-electron chi connectivity index (χ0n) is 13.4. The minimum absolute atomic E-state index is 0.0456. The topological polar surface area (TPSA) is 72.3 Å². The van der Waals surface area contributed by atoms with Crippen molar-refractivity contribution in [2.75, 3.05) is 18.2 Å². The Morgan fingerprint density at radius 2 is 2.04 bits per heavy atom. The molecular formula is C15H18ClN3O3S. The number of imidazole rings is 1. The Kier molecular flexibility index (Phi) is 4.81. The highest BCUT2D eigenvalue weighted by atomic mass is 35.5. The summed E-state index contributed by atoms with van der Waals surface area (Å²) in [4.78, 5) is 17.6. The van der Waals surface area contributed by atoms with E-state index in [1.54, 1.807) is 35.0 Å². The number of hydrogen-bond donors (Lipinski definition) is 0. The van der Waals surface area contributed by atoms with E-state index in [9.17, 15) is 13.2 Å². The van der Waals surface area contributed by atoms with Gasteiger partial charge in [-0.25, -0.2) is 13.4 Å². The third kappa shape index (κ3) is 3.40. The number of hydrogen-bond acceptors (Lipinski definition) is 5. The number of carbonyl (C=O) groups is 1. The predicted octanol–water partition coefficient (Wildman–Crippen LogP) is 2.53. The summed E-state index contributed by atoms with van der Waals surface area (Å²) in [6, 6.07) is 3.03. The van der Waals surface area contributed by atoms with Crippen LogP contribution in [0.4, 0.5) is 11.6 Å². The normalized spacial score (nSPS) is 11.5. The first-order valence-corrected chi connectivity index (χ1v) is 9.21. The van der Waals surface area contributed by atoms with Gasteiger partial charge in [-0.1, -0.05) is 6.92 Å². The van der Waals surface area contributed by atoms with E-state index in [4.69, 9.17) is 11.6 Å². The van der Waals surface area contributed by atoms with Crippen LogP contribution in [-0.2, 0) is 23.3 Å². The van der Waals surface area contributed by atoms with Gasteiger partial charge in [0.2, 0.25) is 5.95 Å². The first-order valence-electron chi connectivity index (χ1n) is 6.94. The lowest BCUT2D eigenvalue weighted by atomic mass is 10.0. The second kappa shape index (κ2) is 6.33. The lowest BCUT2D eigenvalue weighted by Crippen LogP contribution is -2.18. The van der Waals surface area contributed by atoms with Gasteiger partial charge < -0.3 is 9.47 Å². The van der Waals surface area contributed by atoms with Crippen LogP contribution in [0.15, 0.2) is 29.4 Å². The maximum absolute atomic E-state index is 12.2. The Morgan fingerprint density at radius 3 is 2.48 bits per heavy atom. The van der Waals surface area contributed by atoms with Crippen molar-refractivity contribution in [2.45, 2.75) is 18.2 Å². The van der Waals surface area contributed by atoms with Crippen molar-refractivity contribution in [3.63, 3.8) is 0 Å². The Bertz CT molecular complexity index is 859. The van der Waals surface area contributed by atoms with Crippen LogP contribution in [0, 0.1) is 0 Å². The van der Waals surface area contributed by atoms with Gasteiger partial charge in [0, 0.05) is 38.3 Å². The van der Waals surface area contributed by atoms with Gasteiger partial charge in [0.25, 0.3) is 5.24 Å². The molecule has 124 valence electrons. The second-order valence-corrected chi connectivity index (χ2v) is 7.60. The summed E-state index contributed by atoms with van der Waals surface area (Å²) in [6.07, 6.45) is 5.05. The first kappa shape index (κ1) is 17.5. The summed E-state index contributed by atoms with van der Waals surface area (Å²) in [5.41, 5.74) is 1.36. The minimum atomic E-state index is -3.55. The van der Waals surface area contributed by atoms with Crippen molar-refractivity contribution in [3.8, 4) is 0 Å². The summed E-state index contributed by atoms with van der Waals surface area (Å²) in [7, 11) is -0.00703. The highest BCUT2D eigenvalue weighted by Gasteiger charge is 2.23. The number of sulfone groups is 1. The SMILES string of the molecule is CCc1cc(N(C)c2nccn2C)c(S(C)(=O)=O)cc1C(=O)Cl. The molecule has 0 atom stereocenters. The van der Waals surface area contributed by atoms with E-state index >= 15 is 0 Å². The van der Waals surface area contributed by atoms with Gasteiger partial charge in [0.05, 0.1) is 10.6 Å². The van der Waals surface area contributed by atoms with Gasteiger partial charge in [-0.2, -0.15) is 0 Å². The number of benzene rings is 1. The van der Waals surface area contributed by atoms with E-state index in [1.165, 1.54) is 6.07 Å². The highest BCUT2D eigenvalue weighted by molar-refractivity contribution is 7.90. The average Bonchev–Trinajstić information content (AvgIpc) is 2.90. The summed E-state index contributed by atoms with van der Waals surface area (Å²) >= 11 is 5.60. The van der Waals surface area contributed by atoms with Crippen molar-refractivity contribution in [2.24, 2.45) is 7.05 Å². The quantitative estimate of drug-likeness (QED) is 0.771. The molecule has 6 nitrogen and oxygen atoms in total. The summed E-state index contributed by atoms with van der Waals surface area (Å²) in [6.45, 7) is 1.88. The molecule has 0 N–H and O–H groups in total. The molecule has 2 rings (SSSR count). The van der Waals surface area contributed by atoms with Crippen LogP contribution in [0.25, 0.3) is 0 Å². The predicted molar refractivity (Wildman–Crippen MR) is 90.4 cm³/mol. The molecule has 0 fully saturated rings. The third-order valence-corrected chi connectivity index (χ3v) is 4.96. The monoisotopic (exact) mass is 355 g/mol. The number of aryl methyl sites for hydroxylation is 2. The number of halogens is 1. The van der Waals surface area contributed by atoms with Gasteiger partial charge in [-0.15, -0.1) is 0 Å². The van der Waals surface area contributed by atoms with Gasteiger partial charge in [0.15, 0.2) is 9.84 Å². The van der Waals surface area contributed by atoms with E-state index in [1.807, 2.05) is 14.0 Å². The fourth-order valence-corrected chi connectivity index (χ4v) is 3.52. The average molecular weight is 356 g/mol. The zero-order chi connectivity index (χ0) is 17.4. The van der Waals surface area contributed by atoms with Crippen molar-refractivity contribution >= 4 is 38.3 Å². The van der Waals surface area contributed by atoms with E-state index in [0.29, 0.717) is 23.6 Å². The van der Waals surface area contributed by atoms with Crippen molar-refractivity contribution in [1.82, 2.24) is 9.55 Å². The van der Waals surface area contributed by atoms with Crippen molar-refractivity contribution in [1.29, 1.82) is 0 Å². The molecule has 1 aromatic heterocycles. The zero-order valence-corrected chi connectivity index (χ0v) is 14.9. The minimum Gasteiger partial charge on any atom is -0.320 e. The number of aromatic nitrogens is 2. The molecule has 0 saturated heterocycles. The lowest BCUT2D eigenvalue weighted by Gasteiger charge is -2.22. The molecular weight excluding hydrogens is 338 g/mol. The van der Waals surface area contributed by atoms with Crippen molar-refractivity contribution in [3.05, 3.63) is 35.7 Å². The Balaban J connectivity index is 2.76. The number of anilines is 2. The van der Waals surface area contributed by atoms with Gasteiger partial charge in [-0.3, -0.25) is 4.79 Å². The molecule has 23 heavy (non-hydrogen) atoms. The molecule has 0 radical (unpaired) electrons. The van der Waals surface area contributed by atoms with Crippen LogP contribution in [0.5, 0.6) is 0 Å². The Morgan fingerprint density at radius 1 is 1.39 bits per heavy atom. The summed E-state index contributed by atoms with van der Waals surface area (Å²) < 4.78 is 26.1. The molecule has 1 heterocycles. The van der Waals surface area contributed by atoms with Crippen LogP contribution in [0.1, 0.15) is 22.8 Å².